The van der Waals surface area contributed by atoms with E-state index in [4.69, 9.17) is 28.9 Å². The standard InChI is InChI=1S/C17H26Cl2N2/c1-12(2)11-21(13-6-3-4-7-13)16(10-20)14-8-5-9-15(18)17(14)19/h5,8-9,12-13,16H,3-4,6-7,10-11,20H2,1-2H3. The molecule has 21 heavy (non-hydrogen) atoms. The predicted molar refractivity (Wildman–Crippen MR) is 92.1 cm³/mol. The smallest absolute Gasteiger partial charge is 0.0640 e. The summed E-state index contributed by atoms with van der Waals surface area (Å²) in [5.41, 5.74) is 7.19. The van der Waals surface area contributed by atoms with Crippen molar-refractivity contribution in [3.63, 3.8) is 0 Å². The average molecular weight is 329 g/mol. The summed E-state index contributed by atoms with van der Waals surface area (Å²) >= 11 is 12.6. The van der Waals surface area contributed by atoms with Gasteiger partial charge in [-0.2, -0.15) is 0 Å². The Morgan fingerprint density at radius 1 is 1.24 bits per heavy atom. The van der Waals surface area contributed by atoms with Gasteiger partial charge >= 0.3 is 0 Å². The van der Waals surface area contributed by atoms with E-state index in [1.807, 2.05) is 12.1 Å². The Balaban J connectivity index is 2.31. The minimum absolute atomic E-state index is 0.154. The highest BCUT2D eigenvalue weighted by Crippen LogP contribution is 2.36. The molecule has 4 heteroatoms. The fourth-order valence-corrected chi connectivity index (χ4v) is 3.84. The van der Waals surface area contributed by atoms with Gasteiger partial charge in [-0.15, -0.1) is 0 Å². The normalized spacial score (nSPS) is 17.9. The zero-order chi connectivity index (χ0) is 15.4. The Kier molecular flexibility index (Phi) is 6.36. The molecule has 2 rings (SSSR count). The van der Waals surface area contributed by atoms with Crippen molar-refractivity contribution < 1.29 is 0 Å². The van der Waals surface area contributed by atoms with Crippen LogP contribution in [-0.4, -0.2) is 24.0 Å². The molecule has 0 spiro atoms. The zero-order valence-corrected chi connectivity index (χ0v) is 14.5. The molecular weight excluding hydrogens is 303 g/mol. The molecule has 0 heterocycles. The Morgan fingerprint density at radius 3 is 2.48 bits per heavy atom. The molecule has 1 saturated carbocycles. The van der Waals surface area contributed by atoms with Crippen molar-refractivity contribution >= 4 is 23.2 Å². The number of nitrogens with zero attached hydrogens (tertiary/aromatic N) is 1. The van der Waals surface area contributed by atoms with Gasteiger partial charge in [0.1, 0.15) is 0 Å². The third kappa shape index (κ3) is 4.13. The van der Waals surface area contributed by atoms with Gasteiger partial charge in [0.2, 0.25) is 0 Å². The van der Waals surface area contributed by atoms with E-state index in [2.05, 4.69) is 24.8 Å². The minimum Gasteiger partial charge on any atom is -0.329 e. The fraction of sp³-hybridized carbons (Fsp3) is 0.647. The third-order valence-corrected chi connectivity index (χ3v) is 5.17. The van der Waals surface area contributed by atoms with E-state index in [1.54, 1.807) is 0 Å². The quantitative estimate of drug-likeness (QED) is 0.805. The zero-order valence-electron chi connectivity index (χ0n) is 13.0. The van der Waals surface area contributed by atoms with Gasteiger partial charge in [0.15, 0.2) is 0 Å². The number of halogens is 2. The second-order valence-corrected chi connectivity index (χ2v) is 7.21. The van der Waals surface area contributed by atoms with Crippen molar-refractivity contribution in [2.75, 3.05) is 13.1 Å². The molecule has 1 aromatic carbocycles. The van der Waals surface area contributed by atoms with Crippen LogP contribution in [0.4, 0.5) is 0 Å². The minimum atomic E-state index is 0.154. The van der Waals surface area contributed by atoms with Crippen LogP contribution in [0.1, 0.15) is 51.1 Å². The molecule has 1 aromatic rings. The molecule has 2 N–H and O–H groups in total. The molecule has 1 atom stereocenters. The molecule has 118 valence electrons. The van der Waals surface area contributed by atoms with Crippen molar-refractivity contribution in [2.45, 2.75) is 51.6 Å². The van der Waals surface area contributed by atoms with Crippen LogP contribution in [0.2, 0.25) is 10.0 Å². The maximum absolute atomic E-state index is 6.44. The SMILES string of the molecule is CC(C)CN(C1CCCC1)C(CN)c1cccc(Cl)c1Cl. The second kappa shape index (κ2) is 7.82. The van der Waals surface area contributed by atoms with E-state index in [0.29, 0.717) is 28.5 Å². The summed E-state index contributed by atoms with van der Waals surface area (Å²) in [5.74, 6) is 0.609. The number of rotatable bonds is 6. The molecule has 0 aliphatic heterocycles. The lowest BCUT2D eigenvalue weighted by atomic mass is 10.0. The van der Waals surface area contributed by atoms with Crippen LogP contribution < -0.4 is 5.73 Å². The van der Waals surface area contributed by atoms with Crippen LogP contribution >= 0.6 is 23.2 Å². The molecule has 0 saturated heterocycles. The molecular formula is C17H26Cl2N2. The molecule has 1 aliphatic rings. The Labute approximate surface area is 138 Å². The van der Waals surface area contributed by atoms with E-state index >= 15 is 0 Å². The number of hydrogen-bond acceptors (Lipinski definition) is 2. The summed E-state index contributed by atoms with van der Waals surface area (Å²) in [6.07, 6.45) is 5.17. The molecule has 1 aliphatic carbocycles. The number of nitrogens with two attached hydrogens (primary N) is 1. The first-order valence-electron chi connectivity index (χ1n) is 7.94. The monoisotopic (exact) mass is 328 g/mol. The summed E-state index contributed by atoms with van der Waals surface area (Å²) in [5, 5.41) is 1.27. The summed E-state index contributed by atoms with van der Waals surface area (Å²) in [6.45, 7) is 6.14. The van der Waals surface area contributed by atoms with E-state index in [-0.39, 0.29) is 6.04 Å². The van der Waals surface area contributed by atoms with E-state index in [1.165, 1.54) is 25.7 Å². The molecule has 1 unspecified atom stereocenters. The van der Waals surface area contributed by atoms with Gasteiger partial charge in [-0.25, -0.2) is 0 Å². The van der Waals surface area contributed by atoms with E-state index < -0.39 is 0 Å². The number of hydrogen-bond donors (Lipinski definition) is 1. The van der Waals surface area contributed by atoms with Crippen LogP contribution in [0.25, 0.3) is 0 Å². The molecule has 0 amide bonds. The Bertz CT molecular complexity index is 456. The van der Waals surface area contributed by atoms with Crippen molar-refractivity contribution in [3.8, 4) is 0 Å². The van der Waals surface area contributed by atoms with Gasteiger partial charge in [0, 0.05) is 25.2 Å². The van der Waals surface area contributed by atoms with Gasteiger partial charge in [-0.1, -0.05) is 62.0 Å². The van der Waals surface area contributed by atoms with Crippen molar-refractivity contribution in [3.05, 3.63) is 33.8 Å². The van der Waals surface area contributed by atoms with Crippen molar-refractivity contribution in [1.29, 1.82) is 0 Å². The number of benzene rings is 1. The largest absolute Gasteiger partial charge is 0.329 e. The van der Waals surface area contributed by atoms with Gasteiger partial charge in [-0.05, 0) is 30.4 Å². The first-order valence-corrected chi connectivity index (χ1v) is 8.70. The molecule has 1 fully saturated rings. The topological polar surface area (TPSA) is 29.3 Å². The lowest BCUT2D eigenvalue weighted by molar-refractivity contribution is 0.121. The van der Waals surface area contributed by atoms with Crippen LogP contribution in [-0.2, 0) is 0 Å². The van der Waals surface area contributed by atoms with Gasteiger partial charge in [-0.3, -0.25) is 4.90 Å². The lowest BCUT2D eigenvalue weighted by Gasteiger charge is -2.38. The summed E-state index contributed by atoms with van der Waals surface area (Å²) in [6, 6.07) is 6.64. The van der Waals surface area contributed by atoms with E-state index in [0.717, 1.165) is 12.1 Å². The van der Waals surface area contributed by atoms with Crippen LogP contribution in [0.3, 0.4) is 0 Å². The van der Waals surface area contributed by atoms with Crippen molar-refractivity contribution in [2.24, 2.45) is 11.7 Å². The molecule has 0 bridgehead atoms. The molecule has 0 radical (unpaired) electrons. The Hall–Kier alpha value is -0.280. The third-order valence-electron chi connectivity index (χ3n) is 4.33. The van der Waals surface area contributed by atoms with Crippen molar-refractivity contribution in [1.82, 2.24) is 4.90 Å². The first kappa shape index (κ1) is 17.1. The maximum atomic E-state index is 6.44. The van der Waals surface area contributed by atoms with Crippen LogP contribution in [0, 0.1) is 5.92 Å². The van der Waals surface area contributed by atoms with Crippen LogP contribution in [0.15, 0.2) is 18.2 Å². The van der Waals surface area contributed by atoms with Gasteiger partial charge in [0.25, 0.3) is 0 Å². The summed E-state index contributed by atoms with van der Waals surface area (Å²) in [7, 11) is 0. The average Bonchev–Trinajstić information content (AvgIpc) is 2.96. The highest BCUT2D eigenvalue weighted by molar-refractivity contribution is 6.42. The van der Waals surface area contributed by atoms with E-state index in [9.17, 15) is 0 Å². The molecule has 2 nitrogen and oxygen atoms in total. The van der Waals surface area contributed by atoms with Gasteiger partial charge in [0.05, 0.1) is 10.0 Å². The molecule has 0 aromatic heterocycles. The fourth-order valence-electron chi connectivity index (χ4n) is 3.41. The second-order valence-electron chi connectivity index (χ2n) is 6.42. The highest BCUT2D eigenvalue weighted by Gasteiger charge is 2.30. The highest BCUT2D eigenvalue weighted by atomic mass is 35.5. The first-order chi connectivity index (χ1) is 10.0. The van der Waals surface area contributed by atoms with Gasteiger partial charge < -0.3 is 5.73 Å². The summed E-state index contributed by atoms with van der Waals surface area (Å²) < 4.78 is 0. The summed E-state index contributed by atoms with van der Waals surface area (Å²) in [4.78, 5) is 2.56. The lowest BCUT2D eigenvalue weighted by Crippen LogP contribution is -2.42. The Morgan fingerprint density at radius 2 is 1.90 bits per heavy atom. The predicted octanol–water partition coefficient (Wildman–Crippen LogP) is 4.89. The van der Waals surface area contributed by atoms with Crippen LogP contribution in [0.5, 0.6) is 0 Å². The maximum Gasteiger partial charge on any atom is 0.0640 e.